The molecule has 4 heteroatoms. The molecule has 0 atom stereocenters. The summed E-state index contributed by atoms with van der Waals surface area (Å²) in [6.45, 7) is 9.08. The number of halogens is 1. The van der Waals surface area contributed by atoms with Gasteiger partial charge in [-0.2, -0.15) is 5.26 Å². The summed E-state index contributed by atoms with van der Waals surface area (Å²) < 4.78 is 12.9. The van der Waals surface area contributed by atoms with E-state index in [1.165, 1.54) is 12.1 Å². The normalized spacial score (nSPS) is 16.8. The van der Waals surface area contributed by atoms with Crippen molar-refractivity contribution in [2.75, 3.05) is 37.6 Å². The first-order chi connectivity index (χ1) is 10.00. The van der Waals surface area contributed by atoms with Gasteiger partial charge in [-0.3, -0.25) is 4.90 Å². The highest BCUT2D eigenvalue weighted by Crippen LogP contribution is 2.21. The Morgan fingerprint density at radius 1 is 1.14 bits per heavy atom. The van der Waals surface area contributed by atoms with Crippen LogP contribution in [0.3, 0.4) is 0 Å². The molecular weight excluding hydrogens is 265 g/mol. The van der Waals surface area contributed by atoms with Crippen LogP contribution in [0.5, 0.6) is 0 Å². The molecule has 0 saturated carbocycles. The van der Waals surface area contributed by atoms with E-state index in [0.29, 0.717) is 0 Å². The highest BCUT2D eigenvalue weighted by molar-refractivity contribution is 5.46. The van der Waals surface area contributed by atoms with Gasteiger partial charge in [0.05, 0.1) is 11.5 Å². The summed E-state index contributed by atoms with van der Waals surface area (Å²) >= 11 is 0. The van der Waals surface area contributed by atoms with Crippen molar-refractivity contribution in [2.45, 2.75) is 26.7 Å². The van der Waals surface area contributed by atoms with Crippen molar-refractivity contribution in [3.05, 3.63) is 30.1 Å². The quantitative estimate of drug-likeness (QED) is 0.833. The van der Waals surface area contributed by atoms with Gasteiger partial charge in [-0.15, -0.1) is 0 Å². The summed E-state index contributed by atoms with van der Waals surface area (Å²) in [6.07, 6.45) is 2.01. The molecule has 1 saturated heterocycles. The minimum Gasteiger partial charge on any atom is -0.369 e. The summed E-state index contributed by atoms with van der Waals surface area (Å²) in [5.41, 5.74) is 0.886. The van der Waals surface area contributed by atoms with E-state index in [1.807, 2.05) is 26.0 Å². The van der Waals surface area contributed by atoms with E-state index in [2.05, 4.69) is 15.9 Å². The van der Waals surface area contributed by atoms with Crippen LogP contribution >= 0.6 is 0 Å². The lowest BCUT2D eigenvalue weighted by Crippen LogP contribution is -2.46. The standard InChI is InChI=1S/C17H24FN3/c1-17(2,14-19)8-3-9-20-10-12-21(13-11-20)16-6-4-15(18)5-7-16/h4-7H,3,8-13H2,1-2H3. The zero-order chi connectivity index (χ0) is 15.3. The lowest BCUT2D eigenvalue weighted by Gasteiger charge is -2.36. The molecule has 3 nitrogen and oxygen atoms in total. The Morgan fingerprint density at radius 3 is 2.33 bits per heavy atom. The summed E-state index contributed by atoms with van der Waals surface area (Å²) in [4.78, 5) is 4.75. The van der Waals surface area contributed by atoms with Crippen LogP contribution in [-0.2, 0) is 0 Å². The van der Waals surface area contributed by atoms with Gasteiger partial charge in [0.2, 0.25) is 0 Å². The van der Waals surface area contributed by atoms with Crippen molar-refractivity contribution >= 4 is 5.69 Å². The Hall–Kier alpha value is -1.60. The van der Waals surface area contributed by atoms with Gasteiger partial charge < -0.3 is 4.90 Å². The van der Waals surface area contributed by atoms with E-state index in [9.17, 15) is 4.39 Å². The van der Waals surface area contributed by atoms with Crippen LogP contribution in [0.25, 0.3) is 0 Å². The molecule has 0 aliphatic carbocycles. The molecule has 21 heavy (non-hydrogen) atoms. The molecule has 0 bridgehead atoms. The molecule has 1 aromatic rings. The Labute approximate surface area is 127 Å². The fourth-order valence-corrected chi connectivity index (χ4v) is 2.68. The van der Waals surface area contributed by atoms with E-state index in [1.54, 1.807) is 0 Å². The minimum absolute atomic E-state index is 0.183. The molecule has 114 valence electrons. The van der Waals surface area contributed by atoms with Gasteiger partial charge in [-0.05, 0) is 57.5 Å². The average molecular weight is 289 g/mol. The number of nitrogens with zero attached hydrogens (tertiary/aromatic N) is 3. The monoisotopic (exact) mass is 289 g/mol. The second kappa shape index (κ2) is 6.91. The molecule has 1 aliphatic heterocycles. The van der Waals surface area contributed by atoms with Gasteiger partial charge in [-0.25, -0.2) is 4.39 Å². The summed E-state index contributed by atoms with van der Waals surface area (Å²) in [5.74, 6) is -0.183. The molecular formula is C17H24FN3. The lowest BCUT2D eigenvalue weighted by atomic mass is 9.90. The molecule has 0 radical (unpaired) electrons. The number of hydrogen-bond donors (Lipinski definition) is 0. The number of benzene rings is 1. The Bertz CT molecular complexity index is 482. The SMILES string of the molecule is CC(C)(C#N)CCCN1CCN(c2ccc(F)cc2)CC1. The third-order valence-corrected chi connectivity index (χ3v) is 4.14. The van der Waals surface area contributed by atoms with E-state index in [0.717, 1.165) is 51.3 Å². The fraction of sp³-hybridized carbons (Fsp3) is 0.588. The molecule has 1 fully saturated rings. The van der Waals surface area contributed by atoms with Gasteiger partial charge >= 0.3 is 0 Å². The largest absolute Gasteiger partial charge is 0.369 e. The maximum Gasteiger partial charge on any atom is 0.123 e. The van der Waals surface area contributed by atoms with Gasteiger partial charge in [-0.1, -0.05) is 0 Å². The Morgan fingerprint density at radius 2 is 1.76 bits per heavy atom. The Balaban J connectivity index is 1.74. The van der Waals surface area contributed by atoms with Gasteiger partial charge in [0, 0.05) is 31.9 Å². The predicted molar refractivity (Wildman–Crippen MR) is 83.7 cm³/mol. The molecule has 2 rings (SSSR count). The van der Waals surface area contributed by atoms with Crippen LogP contribution in [0, 0.1) is 22.6 Å². The Kier molecular flexibility index (Phi) is 5.19. The summed E-state index contributed by atoms with van der Waals surface area (Å²) in [6, 6.07) is 9.09. The van der Waals surface area contributed by atoms with E-state index in [4.69, 9.17) is 5.26 Å². The van der Waals surface area contributed by atoms with Crippen LogP contribution in [0.4, 0.5) is 10.1 Å². The van der Waals surface area contributed by atoms with Crippen molar-refractivity contribution in [1.29, 1.82) is 5.26 Å². The highest BCUT2D eigenvalue weighted by atomic mass is 19.1. The molecule has 0 N–H and O–H groups in total. The number of anilines is 1. The van der Waals surface area contributed by atoms with Crippen molar-refractivity contribution in [3.8, 4) is 6.07 Å². The van der Waals surface area contributed by atoms with Gasteiger partial charge in [0.25, 0.3) is 0 Å². The maximum atomic E-state index is 12.9. The average Bonchev–Trinajstić information content (AvgIpc) is 2.49. The minimum atomic E-state index is -0.212. The lowest BCUT2D eigenvalue weighted by molar-refractivity contribution is 0.242. The smallest absolute Gasteiger partial charge is 0.123 e. The highest BCUT2D eigenvalue weighted by Gasteiger charge is 2.19. The molecule has 0 spiro atoms. The van der Waals surface area contributed by atoms with Crippen LogP contribution in [0.1, 0.15) is 26.7 Å². The third kappa shape index (κ3) is 4.71. The van der Waals surface area contributed by atoms with Crippen LogP contribution in [0.15, 0.2) is 24.3 Å². The van der Waals surface area contributed by atoms with Gasteiger partial charge in [0.1, 0.15) is 5.82 Å². The molecule has 1 aliphatic rings. The van der Waals surface area contributed by atoms with E-state index in [-0.39, 0.29) is 11.2 Å². The maximum absolute atomic E-state index is 12.9. The fourth-order valence-electron chi connectivity index (χ4n) is 2.68. The summed E-state index contributed by atoms with van der Waals surface area (Å²) in [5, 5.41) is 9.01. The zero-order valence-corrected chi connectivity index (χ0v) is 13.0. The summed E-state index contributed by atoms with van der Waals surface area (Å²) in [7, 11) is 0. The van der Waals surface area contributed by atoms with Crippen molar-refractivity contribution in [1.82, 2.24) is 4.90 Å². The van der Waals surface area contributed by atoms with E-state index < -0.39 is 0 Å². The zero-order valence-electron chi connectivity index (χ0n) is 13.0. The van der Waals surface area contributed by atoms with Crippen LogP contribution < -0.4 is 4.90 Å². The topological polar surface area (TPSA) is 30.3 Å². The van der Waals surface area contributed by atoms with Gasteiger partial charge in [0.15, 0.2) is 0 Å². The van der Waals surface area contributed by atoms with E-state index >= 15 is 0 Å². The van der Waals surface area contributed by atoms with Crippen LogP contribution in [-0.4, -0.2) is 37.6 Å². The molecule has 0 unspecified atom stereocenters. The first-order valence-electron chi connectivity index (χ1n) is 7.64. The predicted octanol–water partition coefficient (Wildman–Crippen LogP) is 3.28. The molecule has 1 heterocycles. The molecule has 1 aromatic carbocycles. The number of piperazine rings is 1. The molecule has 0 aromatic heterocycles. The first kappa shape index (κ1) is 15.8. The second-order valence-corrected chi connectivity index (χ2v) is 6.40. The van der Waals surface area contributed by atoms with Crippen molar-refractivity contribution in [2.24, 2.45) is 5.41 Å². The number of hydrogen-bond acceptors (Lipinski definition) is 3. The van der Waals surface area contributed by atoms with Crippen LogP contribution in [0.2, 0.25) is 0 Å². The third-order valence-electron chi connectivity index (χ3n) is 4.14. The second-order valence-electron chi connectivity index (χ2n) is 6.40. The number of nitriles is 1. The first-order valence-corrected chi connectivity index (χ1v) is 7.64. The van der Waals surface area contributed by atoms with Crippen molar-refractivity contribution in [3.63, 3.8) is 0 Å². The number of rotatable bonds is 5. The molecule has 0 amide bonds. The van der Waals surface area contributed by atoms with Crippen molar-refractivity contribution < 1.29 is 4.39 Å².